The predicted molar refractivity (Wildman–Crippen MR) is 87.9 cm³/mol. The zero-order valence-corrected chi connectivity index (χ0v) is 14.3. The zero-order valence-electron chi connectivity index (χ0n) is 14.3. The summed E-state index contributed by atoms with van der Waals surface area (Å²) in [6, 6.07) is 7.73. The molecular weight excluding hydrogens is 318 g/mol. The molecule has 1 amide bonds. The van der Waals surface area contributed by atoms with Gasteiger partial charge in [0.2, 0.25) is 11.8 Å². The van der Waals surface area contributed by atoms with Crippen molar-refractivity contribution in [1.82, 2.24) is 20.1 Å². The van der Waals surface area contributed by atoms with Gasteiger partial charge in [-0.15, -0.1) is 10.2 Å². The zero-order chi connectivity index (χ0) is 17.7. The first kappa shape index (κ1) is 15.8. The molecule has 128 valence electrons. The van der Waals surface area contributed by atoms with E-state index in [0.717, 1.165) is 0 Å². The third-order valence-corrected chi connectivity index (χ3v) is 5.21. The quantitative estimate of drug-likeness (QED) is 0.851. The van der Waals surface area contributed by atoms with Crippen LogP contribution in [0.15, 0.2) is 28.8 Å². The van der Waals surface area contributed by atoms with Gasteiger partial charge in [-0.1, -0.05) is 13.0 Å². The number of rotatable bonds is 3. The average molecular weight is 337 g/mol. The van der Waals surface area contributed by atoms with Gasteiger partial charge in [-0.2, -0.15) is 5.26 Å². The molecule has 2 aliphatic rings. The van der Waals surface area contributed by atoms with E-state index in [4.69, 9.17) is 4.42 Å². The van der Waals surface area contributed by atoms with E-state index in [2.05, 4.69) is 28.2 Å². The van der Waals surface area contributed by atoms with Gasteiger partial charge in [0, 0.05) is 19.3 Å². The normalized spacial score (nSPS) is 27.1. The third-order valence-electron chi connectivity index (χ3n) is 5.21. The molecule has 0 N–H and O–H groups in total. The maximum absolute atomic E-state index is 12.7. The Kier molecular flexibility index (Phi) is 3.39. The number of aromatic nitrogens is 3. The van der Waals surface area contributed by atoms with Crippen LogP contribution < -0.4 is 0 Å². The van der Waals surface area contributed by atoms with Gasteiger partial charge < -0.3 is 9.32 Å². The van der Waals surface area contributed by atoms with Gasteiger partial charge in [0.1, 0.15) is 11.1 Å². The number of amides is 1. The Morgan fingerprint density at radius 3 is 2.72 bits per heavy atom. The fraction of sp³-hybridized carbons (Fsp3) is 0.500. The van der Waals surface area contributed by atoms with Crippen LogP contribution in [0, 0.1) is 22.7 Å². The van der Waals surface area contributed by atoms with Crippen LogP contribution >= 0.6 is 0 Å². The number of hydrogen-bond donors (Lipinski definition) is 0. The minimum atomic E-state index is -0.825. The first-order valence-electron chi connectivity index (χ1n) is 8.42. The highest BCUT2D eigenvalue weighted by Crippen LogP contribution is 2.48. The molecule has 3 heterocycles. The van der Waals surface area contributed by atoms with Gasteiger partial charge in [-0.05, 0) is 37.8 Å². The molecule has 2 aromatic heterocycles. The second-order valence-electron chi connectivity index (χ2n) is 7.56. The molecule has 7 nitrogen and oxygen atoms in total. The van der Waals surface area contributed by atoms with Crippen molar-refractivity contribution in [2.75, 3.05) is 13.1 Å². The summed E-state index contributed by atoms with van der Waals surface area (Å²) < 4.78 is 5.79. The van der Waals surface area contributed by atoms with Crippen LogP contribution in [0.2, 0.25) is 0 Å². The van der Waals surface area contributed by atoms with Crippen LogP contribution in [0.4, 0.5) is 0 Å². The van der Waals surface area contributed by atoms with E-state index in [1.54, 1.807) is 11.1 Å². The SMILES string of the molecule is CC1CC(C#N)(C(=O)N2CC(C)(c3nnc(-c4ccccn4)o3)C2)C1. The maximum Gasteiger partial charge on any atom is 0.266 e. The molecule has 4 rings (SSSR count). The summed E-state index contributed by atoms with van der Waals surface area (Å²) in [4.78, 5) is 18.6. The van der Waals surface area contributed by atoms with E-state index < -0.39 is 5.41 Å². The van der Waals surface area contributed by atoms with Crippen LogP contribution in [-0.2, 0) is 10.2 Å². The van der Waals surface area contributed by atoms with Crippen molar-refractivity contribution in [1.29, 1.82) is 5.26 Å². The van der Waals surface area contributed by atoms with E-state index >= 15 is 0 Å². The lowest BCUT2D eigenvalue weighted by atomic mass is 9.62. The fourth-order valence-electron chi connectivity index (χ4n) is 3.88. The Morgan fingerprint density at radius 1 is 1.36 bits per heavy atom. The molecule has 1 saturated heterocycles. The molecule has 1 aliphatic heterocycles. The third kappa shape index (κ3) is 2.40. The smallest absolute Gasteiger partial charge is 0.266 e. The van der Waals surface area contributed by atoms with Crippen molar-refractivity contribution in [3.05, 3.63) is 30.3 Å². The molecule has 0 atom stereocenters. The number of pyridine rings is 1. The number of carbonyl (C=O) groups excluding carboxylic acids is 1. The number of likely N-dealkylation sites (tertiary alicyclic amines) is 1. The fourth-order valence-corrected chi connectivity index (χ4v) is 3.88. The van der Waals surface area contributed by atoms with Crippen molar-refractivity contribution in [3.8, 4) is 17.7 Å². The molecule has 2 fully saturated rings. The summed E-state index contributed by atoms with van der Waals surface area (Å²) in [5, 5.41) is 17.6. The first-order valence-corrected chi connectivity index (χ1v) is 8.42. The van der Waals surface area contributed by atoms with Gasteiger partial charge >= 0.3 is 0 Å². The highest BCUT2D eigenvalue weighted by Gasteiger charge is 2.56. The predicted octanol–water partition coefficient (Wildman–Crippen LogP) is 2.17. The van der Waals surface area contributed by atoms with E-state index in [9.17, 15) is 10.1 Å². The number of carbonyl (C=O) groups is 1. The topological polar surface area (TPSA) is 95.9 Å². The van der Waals surface area contributed by atoms with E-state index in [-0.39, 0.29) is 11.3 Å². The highest BCUT2D eigenvalue weighted by molar-refractivity contribution is 5.87. The molecular formula is C18H19N5O2. The summed E-state index contributed by atoms with van der Waals surface area (Å²) in [5.74, 6) is 1.26. The first-order chi connectivity index (χ1) is 12.0. The Balaban J connectivity index is 1.47. The molecule has 25 heavy (non-hydrogen) atoms. The summed E-state index contributed by atoms with van der Waals surface area (Å²) >= 11 is 0. The standard InChI is InChI=1S/C18H19N5O2/c1-12-7-18(8-12,9-19)16(24)23-10-17(2,11-23)15-22-21-14(25-15)13-5-3-4-6-20-13/h3-6,12H,7-8,10-11H2,1-2H3. The largest absolute Gasteiger partial charge is 0.419 e. The molecule has 0 radical (unpaired) electrons. The monoisotopic (exact) mass is 337 g/mol. The van der Waals surface area contributed by atoms with E-state index in [0.29, 0.717) is 49.3 Å². The van der Waals surface area contributed by atoms with Crippen LogP contribution in [0.25, 0.3) is 11.6 Å². The summed E-state index contributed by atoms with van der Waals surface area (Å²) in [6.07, 6.45) is 2.98. The van der Waals surface area contributed by atoms with Crippen molar-refractivity contribution in [2.24, 2.45) is 11.3 Å². The van der Waals surface area contributed by atoms with Crippen LogP contribution in [0.3, 0.4) is 0 Å². The molecule has 0 unspecified atom stereocenters. The highest BCUT2D eigenvalue weighted by atomic mass is 16.4. The van der Waals surface area contributed by atoms with Crippen LogP contribution in [0.5, 0.6) is 0 Å². The number of nitriles is 1. The Hall–Kier alpha value is -2.75. The van der Waals surface area contributed by atoms with Gasteiger partial charge in [0.25, 0.3) is 5.89 Å². The lowest BCUT2D eigenvalue weighted by Gasteiger charge is -2.50. The molecule has 7 heteroatoms. The molecule has 0 bridgehead atoms. The maximum atomic E-state index is 12.7. The molecule has 2 aromatic rings. The van der Waals surface area contributed by atoms with E-state index in [1.165, 1.54) is 0 Å². The molecule has 0 spiro atoms. The Labute approximate surface area is 145 Å². The second-order valence-corrected chi connectivity index (χ2v) is 7.56. The average Bonchev–Trinajstić information content (AvgIpc) is 3.06. The van der Waals surface area contributed by atoms with Crippen molar-refractivity contribution in [2.45, 2.75) is 32.1 Å². The van der Waals surface area contributed by atoms with Gasteiger partial charge in [-0.25, -0.2) is 0 Å². The lowest BCUT2D eigenvalue weighted by Crippen LogP contribution is -2.64. The molecule has 0 aromatic carbocycles. The van der Waals surface area contributed by atoms with Gasteiger partial charge in [0.05, 0.1) is 11.5 Å². The molecule has 1 saturated carbocycles. The Morgan fingerprint density at radius 2 is 2.12 bits per heavy atom. The van der Waals surface area contributed by atoms with Crippen LogP contribution in [-0.4, -0.2) is 39.1 Å². The number of hydrogen-bond acceptors (Lipinski definition) is 6. The second kappa shape index (κ2) is 5.38. The van der Waals surface area contributed by atoms with Crippen molar-refractivity contribution in [3.63, 3.8) is 0 Å². The van der Waals surface area contributed by atoms with Gasteiger partial charge in [-0.3, -0.25) is 9.78 Å². The minimum Gasteiger partial charge on any atom is -0.419 e. The van der Waals surface area contributed by atoms with Crippen molar-refractivity contribution >= 4 is 5.91 Å². The Bertz CT molecular complexity index is 842. The summed E-state index contributed by atoms with van der Waals surface area (Å²) in [7, 11) is 0. The summed E-state index contributed by atoms with van der Waals surface area (Å²) in [5.41, 5.74) is -0.569. The van der Waals surface area contributed by atoms with E-state index in [1.807, 2.05) is 25.1 Å². The number of nitrogens with zero attached hydrogens (tertiary/aromatic N) is 5. The van der Waals surface area contributed by atoms with Crippen molar-refractivity contribution < 1.29 is 9.21 Å². The summed E-state index contributed by atoms with van der Waals surface area (Å²) in [6.45, 7) is 5.05. The van der Waals surface area contributed by atoms with Gasteiger partial charge in [0.15, 0.2) is 0 Å². The van der Waals surface area contributed by atoms with Crippen LogP contribution in [0.1, 0.15) is 32.6 Å². The molecule has 1 aliphatic carbocycles. The minimum absolute atomic E-state index is 0.0601. The lowest BCUT2D eigenvalue weighted by molar-refractivity contribution is -0.153.